The monoisotopic (exact) mass is 854 g/mol. The number of nitrogens with one attached hydrogen (secondary N) is 2. The van der Waals surface area contributed by atoms with Crippen molar-refractivity contribution in [3.63, 3.8) is 0 Å². The largest absolute Gasteiger partial charge is 0.431 e. The van der Waals surface area contributed by atoms with Gasteiger partial charge in [-0.3, -0.25) is 9.59 Å². The van der Waals surface area contributed by atoms with Crippen LogP contribution in [-0.2, 0) is 19.1 Å². The topological polar surface area (TPSA) is 203 Å². The fourth-order valence-corrected chi connectivity index (χ4v) is 10.5. The zero-order valence-electron chi connectivity index (χ0n) is 35.2. The highest BCUT2D eigenvalue weighted by atomic mass is 16.6. The first-order valence-electron chi connectivity index (χ1n) is 21.8. The quantitative estimate of drug-likeness (QED) is 0.105. The third-order valence-corrected chi connectivity index (χ3v) is 13.9. The number of aromatic amines is 2. The Balaban J connectivity index is 0.845. The Kier molecular flexibility index (Phi) is 9.29. The number of ether oxygens (including phenoxy) is 2. The number of rotatable bonds is 10. The molecule has 4 fully saturated rings. The first-order valence-corrected chi connectivity index (χ1v) is 21.8. The Morgan fingerprint density at radius 1 is 0.578 bits per heavy atom. The maximum Gasteiger partial charge on any atom is 0.405 e. The van der Waals surface area contributed by atoms with Crippen LogP contribution in [-0.4, -0.2) is 65.8 Å². The molecule has 14 heteroatoms. The average molecular weight is 855 g/mol. The first kappa shape index (κ1) is 39.4. The number of fused-ring (bicyclic) bond motifs is 4. The van der Waals surface area contributed by atoms with Crippen molar-refractivity contribution < 1.29 is 28.7 Å². The van der Waals surface area contributed by atoms with Gasteiger partial charge in [0.15, 0.2) is 0 Å². The number of carbonyl (C=O) groups excluding carboxylic acids is 4. The van der Waals surface area contributed by atoms with E-state index in [4.69, 9.17) is 30.9 Å². The van der Waals surface area contributed by atoms with Gasteiger partial charge in [-0.15, -0.1) is 0 Å². The Labute approximate surface area is 367 Å². The van der Waals surface area contributed by atoms with Crippen LogP contribution < -0.4 is 11.5 Å². The summed E-state index contributed by atoms with van der Waals surface area (Å²) in [6.45, 7) is 4.27. The molecule has 2 saturated carbocycles. The van der Waals surface area contributed by atoms with Crippen LogP contribution in [0.15, 0.2) is 109 Å². The van der Waals surface area contributed by atoms with Crippen LogP contribution >= 0.6 is 0 Å². The number of imidazole rings is 2. The van der Waals surface area contributed by atoms with Crippen LogP contribution in [0, 0.1) is 25.7 Å². The van der Waals surface area contributed by atoms with Crippen LogP contribution in [0.1, 0.15) is 83.9 Å². The van der Waals surface area contributed by atoms with Gasteiger partial charge in [0, 0.05) is 23.2 Å². The molecular weight excluding hydrogens is 809 g/mol. The van der Waals surface area contributed by atoms with Crippen molar-refractivity contribution in [3.8, 4) is 22.3 Å². The minimum Gasteiger partial charge on any atom is -0.431 e. The highest BCUT2D eigenvalue weighted by Crippen LogP contribution is 2.55. The molecule has 5 aromatic carbocycles. The summed E-state index contributed by atoms with van der Waals surface area (Å²) >= 11 is 0. The molecule has 11 rings (SSSR count). The molecular formula is C50H46N8O6. The smallest absolute Gasteiger partial charge is 0.405 e. The number of hydrogen-bond donors (Lipinski definition) is 4. The lowest BCUT2D eigenvalue weighted by Gasteiger charge is -2.29. The summed E-state index contributed by atoms with van der Waals surface area (Å²) in [4.78, 5) is 72.8. The Bertz CT molecular complexity index is 2820. The lowest BCUT2D eigenvalue weighted by molar-refractivity contribution is -0.143. The van der Waals surface area contributed by atoms with Gasteiger partial charge in [-0.25, -0.2) is 19.6 Å². The molecule has 2 aliphatic carbocycles. The molecule has 7 aromatic rings. The van der Waals surface area contributed by atoms with Crippen molar-refractivity contribution in [2.75, 3.05) is 0 Å². The van der Waals surface area contributed by atoms with Crippen molar-refractivity contribution in [1.29, 1.82) is 0 Å². The van der Waals surface area contributed by atoms with E-state index in [1.54, 1.807) is 48.5 Å². The van der Waals surface area contributed by atoms with Crippen LogP contribution in [0.4, 0.5) is 9.59 Å². The number of amides is 4. The minimum atomic E-state index is -1.14. The summed E-state index contributed by atoms with van der Waals surface area (Å²) in [6, 6.07) is 34.2. The van der Waals surface area contributed by atoms with Crippen molar-refractivity contribution >= 4 is 46.1 Å². The molecule has 0 bridgehead atoms. The molecule has 0 radical (unpaired) electrons. The highest BCUT2D eigenvalue weighted by molar-refractivity contribution is 5.89. The van der Waals surface area contributed by atoms with Crippen LogP contribution in [0.5, 0.6) is 0 Å². The molecule has 2 unspecified atom stereocenters. The summed E-state index contributed by atoms with van der Waals surface area (Å²) in [5, 5.41) is 0. The van der Waals surface area contributed by atoms with Crippen molar-refractivity contribution in [2.24, 2.45) is 23.3 Å². The molecule has 64 heavy (non-hydrogen) atoms. The number of aromatic nitrogens is 4. The lowest BCUT2D eigenvalue weighted by Crippen LogP contribution is -2.39. The number of piperidine rings is 2. The van der Waals surface area contributed by atoms with E-state index >= 15 is 0 Å². The number of nitrogens with two attached hydrogens (primary N) is 2. The predicted molar refractivity (Wildman–Crippen MR) is 238 cm³/mol. The van der Waals surface area contributed by atoms with E-state index in [2.05, 4.69) is 60.2 Å². The van der Waals surface area contributed by atoms with Gasteiger partial charge in [0.2, 0.25) is 12.2 Å². The van der Waals surface area contributed by atoms with E-state index in [-0.39, 0.29) is 36.0 Å². The molecule has 322 valence electrons. The number of benzene rings is 5. The second-order valence-electron chi connectivity index (χ2n) is 17.7. The van der Waals surface area contributed by atoms with Gasteiger partial charge in [-0.2, -0.15) is 0 Å². The Morgan fingerprint density at radius 2 is 0.984 bits per heavy atom. The second kappa shape index (κ2) is 15.1. The highest BCUT2D eigenvalue weighted by Gasteiger charge is 2.57. The third-order valence-electron chi connectivity index (χ3n) is 13.9. The first-order chi connectivity index (χ1) is 31.0. The molecule has 14 nitrogen and oxygen atoms in total. The molecule has 8 atom stereocenters. The number of carbonyl (C=O) groups is 4. The fourth-order valence-electron chi connectivity index (χ4n) is 10.5. The average Bonchev–Trinajstić information content (AvgIpc) is 3.96. The van der Waals surface area contributed by atoms with Crippen LogP contribution in [0.3, 0.4) is 0 Å². The van der Waals surface area contributed by atoms with Gasteiger partial charge in [0.25, 0.3) is 11.8 Å². The third kappa shape index (κ3) is 6.80. The maximum atomic E-state index is 14.1. The molecule has 0 spiro atoms. The van der Waals surface area contributed by atoms with E-state index in [0.717, 1.165) is 81.1 Å². The summed E-state index contributed by atoms with van der Waals surface area (Å²) in [5.74, 6) is 1.55. The lowest BCUT2D eigenvalue weighted by atomic mass is 9.90. The molecule has 4 heterocycles. The van der Waals surface area contributed by atoms with E-state index in [1.807, 2.05) is 34.1 Å². The van der Waals surface area contributed by atoms with Crippen LogP contribution in [0.25, 0.3) is 44.3 Å². The summed E-state index contributed by atoms with van der Waals surface area (Å²) in [6.07, 6.45) is -0.913. The molecule has 4 amide bonds. The molecule has 2 aliphatic heterocycles. The zero-order valence-corrected chi connectivity index (χ0v) is 35.2. The van der Waals surface area contributed by atoms with E-state index in [1.165, 1.54) is 0 Å². The van der Waals surface area contributed by atoms with Gasteiger partial charge >= 0.3 is 12.2 Å². The predicted octanol–water partition coefficient (Wildman–Crippen LogP) is 8.39. The number of likely N-dealkylation sites (tertiary alicyclic amines) is 2. The van der Waals surface area contributed by atoms with E-state index < -0.39 is 24.4 Å². The fraction of sp³-hybridized carbons (Fsp3) is 0.280. The zero-order chi connectivity index (χ0) is 44.0. The SMILES string of the molecule is Cc1c(-c2ccc3nc([C@@H]4C[C@H]5CC5N4C(=O)[C@H](OC(N)=O)c4ccccc4)[nH]c3c2)ccc(-c2ccc3nc([C@@H]4C[C@H]5CC5N4C(=O)[C@H](OC(N)=O)c4ccccc4)[nH]c3c2)c1C. The summed E-state index contributed by atoms with van der Waals surface area (Å²) < 4.78 is 10.8. The van der Waals surface area contributed by atoms with Crippen molar-refractivity contribution in [2.45, 2.75) is 75.9 Å². The molecule has 4 aliphatic rings. The minimum absolute atomic E-state index is 0.0624. The van der Waals surface area contributed by atoms with Gasteiger partial charge in [-0.1, -0.05) is 84.9 Å². The van der Waals surface area contributed by atoms with Gasteiger partial charge in [0.1, 0.15) is 11.6 Å². The molecule has 6 N–H and O–H groups in total. The van der Waals surface area contributed by atoms with E-state index in [9.17, 15) is 19.2 Å². The van der Waals surface area contributed by atoms with Gasteiger partial charge < -0.3 is 40.7 Å². The Morgan fingerprint density at radius 3 is 1.38 bits per heavy atom. The van der Waals surface area contributed by atoms with Crippen LogP contribution in [0.2, 0.25) is 0 Å². The normalized spacial score (nSPS) is 22.8. The van der Waals surface area contributed by atoms with E-state index in [0.29, 0.717) is 34.6 Å². The van der Waals surface area contributed by atoms with Gasteiger partial charge in [0.05, 0.1) is 34.2 Å². The number of primary amides is 2. The standard InChI is InChI=1S/C50H46N8O6/c1-25-26(2)34(30-14-18-36-38(20-30)56-46(54-36)42-24-32-22-40(32)58(42)48(60)44(64-50(52)62)28-11-7-4-8-12-28)16-15-33(25)29-13-17-35-37(19-29)55-45(53-35)41-23-31-21-39(31)57(41)47(59)43(63-49(51)61)27-9-5-3-6-10-27/h3-20,31-32,39-44H,21-24H2,1-2H3,(H2,51,61)(H2,52,62)(H,53,55)(H,54,56)/t31-,32-,39?,40?,41+,42+,43-,44-/m1/s1. The van der Waals surface area contributed by atoms with Crippen molar-refractivity contribution in [3.05, 3.63) is 143 Å². The maximum absolute atomic E-state index is 14.1. The molecule has 2 saturated heterocycles. The number of H-pyrrole nitrogens is 2. The molecule has 2 aromatic heterocycles. The summed E-state index contributed by atoms with van der Waals surface area (Å²) in [5.41, 5.74) is 21.9. The second-order valence-corrected chi connectivity index (χ2v) is 17.7. The van der Waals surface area contributed by atoms with Gasteiger partial charge in [-0.05, 0) is 109 Å². The number of nitrogens with zero attached hydrogens (tertiary/aromatic N) is 4. The summed E-state index contributed by atoms with van der Waals surface area (Å²) in [7, 11) is 0. The number of hydrogen-bond acceptors (Lipinski definition) is 8. The Hall–Kier alpha value is -7.48. The van der Waals surface area contributed by atoms with Crippen molar-refractivity contribution in [1.82, 2.24) is 29.7 Å².